The van der Waals surface area contributed by atoms with Crippen LogP contribution in [0.5, 0.6) is 5.75 Å². The fourth-order valence-corrected chi connectivity index (χ4v) is 2.67. The molecule has 128 valence electrons. The van der Waals surface area contributed by atoms with Crippen molar-refractivity contribution in [3.63, 3.8) is 0 Å². The van der Waals surface area contributed by atoms with Gasteiger partial charge in [0.15, 0.2) is 0 Å². The summed E-state index contributed by atoms with van der Waals surface area (Å²) in [4.78, 5) is 12.3. The van der Waals surface area contributed by atoms with E-state index in [2.05, 4.69) is 10.4 Å². The number of aromatic nitrogens is 2. The van der Waals surface area contributed by atoms with Crippen LogP contribution in [-0.2, 0) is 6.54 Å². The van der Waals surface area contributed by atoms with Gasteiger partial charge in [0.2, 0.25) is 0 Å². The van der Waals surface area contributed by atoms with Gasteiger partial charge in [-0.25, -0.2) is 4.68 Å². The molecule has 0 bridgehead atoms. The van der Waals surface area contributed by atoms with Crippen molar-refractivity contribution in [3.05, 3.63) is 77.1 Å². The van der Waals surface area contributed by atoms with Crippen molar-refractivity contribution in [2.45, 2.75) is 20.4 Å². The van der Waals surface area contributed by atoms with E-state index >= 15 is 0 Å². The summed E-state index contributed by atoms with van der Waals surface area (Å²) in [6.07, 6.45) is 0. The summed E-state index contributed by atoms with van der Waals surface area (Å²) in [6, 6.07) is 17.1. The highest BCUT2D eigenvalue weighted by molar-refractivity contribution is 5.94. The lowest BCUT2D eigenvalue weighted by Crippen LogP contribution is -2.22. The summed E-state index contributed by atoms with van der Waals surface area (Å²) in [5, 5.41) is 7.38. The van der Waals surface area contributed by atoms with Crippen molar-refractivity contribution in [2.24, 2.45) is 0 Å². The Morgan fingerprint density at radius 1 is 1.08 bits per heavy atom. The summed E-state index contributed by atoms with van der Waals surface area (Å²) in [6.45, 7) is 4.45. The molecule has 0 atom stereocenters. The number of nitrogens with one attached hydrogen (secondary N) is 1. The van der Waals surface area contributed by atoms with E-state index in [-0.39, 0.29) is 5.91 Å². The molecule has 0 radical (unpaired) electrons. The third-order valence-electron chi connectivity index (χ3n) is 4.00. The second-order valence-electron chi connectivity index (χ2n) is 5.92. The molecule has 25 heavy (non-hydrogen) atoms. The Balaban J connectivity index is 1.65. The van der Waals surface area contributed by atoms with Gasteiger partial charge in [0.1, 0.15) is 5.75 Å². The lowest BCUT2D eigenvalue weighted by molar-refractivity contribution is 0.0951. The molecule has 0 aliphatic carbocycles. The molecular formula is C20H21N3O2. The molecule has 3 rings (SSSR count). The minimum absolute atomic E-state index is 0.101. The molecule has 1 heterocycles. The van der Waals surface area contributed by atoms with Gasteiger partial charge in [-0.2, -0.15) is 5.10 Å². The molecule has 0 unspecified atom stereocenters. The molecule has 1 amide bonds. The molecule has 0 aliphatic heterocycles. The van der Waals surface area contributed by atoms with Crippen LogP contribution < -0.4 is 10.1 Å². The van der Waals surface area contributed by atoms with Gasteiger partial charge < -0.3 is 10.1 Å². The van der Waals surface area contributed by atoms with Gasteiger partial charge in [0, 0.05) is 17.8 Å². The van der Waals surface area contributed by atoms with Crippen molar-refractivity contribution < 1.29 is 9.53 Å². The van der Waals surface area contributed by atoms with E-state index in [4.69, 9.17) is 4.74 Å². The molecular weight excluding hydrogens is 314 g/mol. The Morgan fingerprint density at radius 2 is 1.76 bits per heavy atom. The zero-order chi connectivity index (χ0) is 17.8. The molecule has 0 aliphatic rings. The third kappa shape index (κ3) is 3.88. The Bertz CT molecular complexity index is 865. The highest BCUT2D eigenvalue weighted by atomic mass is 16.5. The maximum absolute atomic E-state index is 12.3. The van der Waals surface area contributed by atoms with Crippen molar-refractivity contribution in [3.8, 4) is 11.4 Å². The summed E-state index contributed by atoms with van der Waals surface area (Å²) >= 11 is 0. The van der Waals surface area contributed by atoms with Gasteiger partial charge in [-0.15, -0.1) is 0 Å². The smallest absolute Gasteiger partial charge is 0.251 e. The molecule has 1 aromatic heterocycles. The largest absolute Gasteiger partial charge is 0.497 e. The monoisotopic (exact) mass is 335 g/mol. The van der Waals surface area contributed by atoms with Crippen LogP contribution in [0.1, 0.15) is 27.3 Å². The predicted octanol–water partition coefficient (Wildman–Crippen LogP) is 3.43. The maximum Gasteiger partial charge on any atom is 0.251 e. The van der Waals surface area contributed by atoms with Gasteiger partial charge in [0.25, 0.3) is 5.91 Å². The lowest BCUT2D eigenvalue weighted by atomic mass is 10.1. The first-order chi connectivity index (χ1) is 12.1. The number of rotatable bonds is 5. The number of nitrogens with zero attached hydrogens (tertiary/aromatic N) is 2. The molecule has 3 aromatic rings. The molecule has 5 heteroatoms. The number of ether oxygens (including phenoxy) is 1. The van der Waals surface area contributed by atoms with E-state index in [9.17, 15) is 4.79 Å². The fraction of sp³-hybridized carbons (Fsp3) is 0.200. The van der Waals surface area contributed by atoms with E-state index in [1.165, 1.54) is 0 Å². The topological polar surface area (TPSA) is 56.1 Å². The highest BCUT2D eigenvalue weighted by Gasteiger charge is 2.08. The summed E-state index contributed by atoms with van der Waals surface area (Å²) < 4.78 is 7.00. The van der Waals surface area contributed by atoms with Gasteiger partial charge in [0.05, 0.1) is 18.5 Å². The van der Waals surface area contributed by atoms with E-state index in [1.54, 1.807) is 7.11 Å². The normalized spacial score (nSPS) is 10.5. The van der Waals surface area contributed by atoms with Gasteiger partial charge >= 0.3 is 0 Å². The van der Waals surface area contributed by atoms with E-state index in [0.29, 0.717) is 12.1 Å². The standard InChI is InChI=1S/C20H21N3O2/c1-14-12-15(2)23(22-14)18-8-6-17(7-9-18)20(24)21-13-16-4-10-19(25-3)11-5-16/h4-12H,13H2,1-3H3,(H,21,24). The summed E-state index contributed by atoms with van der Waals surface area (Å²) in [5.74, 6) is 0.700. The van der Waals surface area contributed by atoms with Crippen LogP contribution in [0.3, 0.4) is 0 Å². The lowest BCUT2D eigenvalue weighted by Gasteiger charge is -2.08. The Labute approximate surface area is 147 Å². The molecule has 0 fully saturated rings. The van der Waals surface area contributed by atoms with Crippen LogP contribution in [0.25, 0.3) is 5.69 Å². The molecule has 0 saturated carbocycles. The number of methoxy groups -OCH3 is 1. The highest BCUT2D eigenvalue weighted by Crippen LogP contribution is 2.14. The summed E-state index contributed by atoms with van der Waals surface area (Å²) in [5.41, 5.74) is 4.62. The maximum atomic E-state index is 12.3. The van der Waals surface area contributed by atoms with E-state index in [1.807, 2.05) is 73.1 Å². The Morgan fingerprint density at radius 3 is 2.32 bits per heavy atom. The zero-order valence-corrected chi connectivity index (χ0v) is 14.6. The summed E-state index contributed by atoms with van der Waals surface area (Å²) in [7, 11) is 1.63. The minimum Gasteiger partial charge on any atom is -0.497 e. The van der Waals surface area contributed by atoms with Gasteiger partial charge in [-0.05, 0) is 61.9 Å². The van der Waals surface area contributed by atoms with E-state index in [0.717, 1.165) is 28.4 Å². The average molecular weight is 335 g/mol. The first kappa shape index (κ1) is 16.8. The number of aryl methyl sites for hydroxylation is 2. The van der Waals surface area contributed by atoms with Crippen LogP contribution in [0.15, 0.2) is 54.6 Å². The SMILES string of the molecule is COc1ccc(CNC(=O)c2ccc(-n3nc(C)cc3C)cc2)cc1. The molecule has 2 aromatic carbocycles. The number of hydrogen-bond acceptors (Lipinski definition) is 3. The number of carbonyl (C=O) groups excluding carboxylic acids is 1. The van der Waals surface area contributed by atoms with E-state index < -0.39 is 0 Å². The van der Waals surface area contributed by atoms with Gasteiger partial charge in [-0.1, -0.05) is 12.1 Å². The second-order valence-corrected chi connectivity index (χ2v) is 5.92. The number of carbonyl (C=O) groups is 1. The van der Waals surface area contributed by atoms with Crippen molar-refractivity contribution in [1.29, 1.82) is 0 Å². The number of hydrogen-bond donors (Lipinski definition) is 1. The van der Waals surface area contributed by atoms with Crippen LogP contribution in [0.4, 0.5) is 0 Å². The molecule has 1 N–H and O–H groups in total. The number of benzene rings is 2. The van der Waals surface area contributed by atoms with Crippen molar-refractivity contribution in [1.82, 2.24) is 15.1 Å². The fourth-order valence-electron chi connectivity index (χ4n) is 2.67. The zero-order valence-electron chi connectivity index (χ0n) is 14.6. The molecule has 0 spiro atoms. The first-order valence-corrected chi connectivity index (χ1v) is 8.11. The van der Waals surface area contributed by atoms with Crippen LogP contribution in [0, 0.1) is 13.8 Å². The van der Waals surface area contributed by atoms with Crippen LogP contribution in [0.2, 0.25) is 0 Å². The first-order valence-electron chi connectivity index (χ1n) is 8.11. The molecule has 5 nitrogen and oxygen atoms in total. The van der Waals surface area contributed by atoms with Gasteiger partial charge in [-0.3, -0.25) is 4.79 Å². The van der Waals surface area contributed by atoms with Crippen LogP contribution in [-0.4, -0.2) is 22.8 Å². The predicted molar refractivity (Wildman–Crippen MR) is 97.2 cm³/mol. The number of amides is 1. The Hall–Kier alpha value is -3.08. The minimum atomic E-state index is -0.101. The third-order valence-corrected chi connectivity index (χ3v) is 4.00. The average Bonchev–Trinajstić information content (AvgIpc) is 2.98. The second kappa shape index (κ2) is 7.21. The Kier molecular flexibility index (Phi) is 4.84. The van der Waals surface area contributed by atoms with Crippen molar-refractivity contribution >= 4 is 5.91 Å². The molecule has 0 saturated heterocycles. The van der Waals surface area contributed by atoms with Crippen LogP contribution >= 0.6 is 0 Å². The van der Waals surface area contributed by atoms with Crippen molar-refractivity contribution in [2.75, 3.05) is 7.11 Å². The quantitative estimate of drug-likeness (QED) is 0.777.